The van der Waals surface area contributed by atoms with Crippen LogP contribution in [0.25, 0.3) is 10.9 Å². The first-order valence-electron chi connectivity index (χ1n) is 8.74. The topological polar surface area (TPSA) is 101 Å². The summed E-state index contributed by atoms with van der Waals surface area (Å²) in [5.41, 5.74) is 1.08. The molecule has 0 spiro atoms. The van der Waals surface area contributed by atoms with E-state index in [0.29, 0.717) is 17.8 Å². The van der Waals surface area contributed by atoms with E-state index in [1.807, 2.05) is 24.3 Å². The van der Waals surface area contributed by atoms with Crippen LogP contribution < -0.4 is 0 Å². The lowest BCUT2D eigenvalue weighted by molar-refractivity contribution is -0.121. The van der Waals surface area contributed by atoms with Crippen LogP contribution in [-0.2, 0) is 21.2 Å². The van der Waals surface area contributed by atoms with E-state index >= 15 is 0 Å². The lowest BCUT2D eigenvalue weighted by Gasteiger charge is -2.08. The van der Waals surface area contributed by atoms with E-state index in [9.17, 15) is 18.3 Å². The van der Waals surface area contributed by atoms with E-state index in [-0.39, 0.29) is 29.5 Å². The van der Waals surface area contributed by atoms with Gasteiger partial charge in [0.2, 0.25) is 5.88 Å². The molecule has 0 bridgehead atoms. The molecule has 1 atom stereocenters. The first kappa shape index (κ1) is 18.6. The van der Waals surface area contributed by atoms with Crippen LogP contribution in [0.3, 0.4) is 0 Å². The van der Waals surface area contributed by atoms with Gasteiger partial charge in [-0.15, -0.1) is 10.2 Å². The summed E-state index contributed by atoms with van der Waals surface area (Å²) in [6.45, 7) is 4.85. The molecule has 1 aliphatic heterocycles. The van der Waals surface area contributed by atoms with Crippen molar-refractivity contribution in [2.24, 2.45) is 22.1 Å². The number of aromatic nitrogens is 1. The van der Waals surface area contributed by atoms with Crippen molar-refractivity contribution in [1.29, 1.82) is 0 Å². The number of hydrogen-bond donors (Lipinski definition) is 1. The van der Waals surface area contributed by atoms with Crippen molar-refractivity contribution in [3.8, 4) is 5.88 Å². The van der Waals surface area contributed by atoms with Crippen molar-refractivity contribution < 1.29 is 18.3 Å². The highest BCUT2D eigenvalue weighted by atomic mass is 32.2. The zero-order valence-corrected chi connectivity index (χ0v) is 15.7. The molecule has 1 amide bonds. The maximum absolute atomic E-state index is 12.2. The molecular formula is C18H23N3O4S. The van der Waals surface area contributed by atoms with E-state index in [4.69, 9.17) is 0 Å². The third-order valence-corrected chi connectivity index (χ3v) is 6.45. The summed E-state index contributed by atoms with van der Waals surface area (Å²) in [5, 5.41) is 19.0. The molecule has 1 saturated heterocycles. The summed E-state index contributed by atoms with van der Waals surface area (Å²) in [5.74, 6) is -0.898. The number of benzene rings is 1. The Hall–Kier alpha value is -2.22. The molecule has 2 aromatic rings. The molecule has 26 heavy (non-hydrogen) atoms. The van der Waals surface area contributed by atoms with Crippen LogP contribution in [0.2, 0.25) is 0 Å². The number of aromatic hydroxyl groups is 1. The third-order valence-electron chi connectivity index (χ3n) is 4.68. The average Bonchev–Trinajstić information content (AvgIpc) is 3.08. The minimum Gasteiger partial charge on any atom is -0.493 e. The van der Waals surface area contributed by atoms with Gasteiger partial charge in [-0.1, -0.05) is 32.0 Å². The second kappa shape index (κ2) is 7.19. The van der Waals surface area contributed by atoms with Crippen LogP contribution in [0.5, 0.6) is 5.88 Å². The van der Waals surface area contributed by atoms with Gasteiger partial charge in [0.1, 0.15) is 0 Å². The molecule has 0 saturated carbocycles. The lowest BCUT2D eigenvalue weighted by atomic mass is 10.1. The minimum atomic E-state index is -3.15. The van der Waals surface area contributed by atoms with Gasteiger partial charge < -0.3 is 9.67 Å². The summed E-state index contributed by atoms with van der Waals surface area (Å²) in [7, 11) is -3.15. The van der Waals surface area contributed by atoms with Gasteiger partial charge in [0.15, 0.2) is 15.5 Å². The molecule has 1 N–H and O–H groups in total. The number of amides is 1. The monoisotopic (exact) mass is 377 g/mol. The molecule has 2 heterocycles. The fourth-order valence-electron chi connectivity index (χ4n) is 3.15. The highest BCUT2D eigenvalue weighted by Crippen LogP contribution is 2.39. The zero-order valence-electron chi connectivity index (χ0n) is 14.9. The van der Waals surface area contributed by atoms with Crippen LogP contribution >= 0.6 is 0 Å². The summed E-state index contributed by atoms with van der Waals surface area (Å²) >= 11 is 0. The number of nitrogens with zero attached hydrogens (tertiary/aromatic N) is 3. The number of rotatable bonds is 5. The number of fused-ring (bicyclic) bond motifs is 1. The Morgan fingerprint density at radius 1 is 1.35 bits per heavy atom. The van der Waals surface area contributed by atoms with E-state index in [2.05, 4.69) is 24.1 Å². The van der Waals surface area contributed by atoms with Gasteiger partial charge in [0, 0.05) is 11.9 Å². The van der Waals surface area contributed by atoms with E-state index in [1.54, 1.807) is 4.57 Å². The second-order valence-electron chi connectivity index (χ2n) is 7.16. The molecule has 0 unspecified atom stereocenters. The van der Waals surface area contributed by atoms with Crippen LogP contribution in [0.4, 0.5) is 5.69 Å². The fourth-order valence-corrected chi connectivity index (χ4v) is 4.89. The van der Waals surface area contributed by atoms with Gasteiger partial charge in [0.05, 0.1) is 22.9 Å². The summed E-state index contributed by atoms with van der Waals surface area (Å²) in [4.78, 5) is 12.2. The average molecular weight is 377 g/mol. The number of sulfone groups is 1. The van der Waals surface area contributed by atoms with E-state index in [0.717, 1.165) is 11.9 Å². The molecular weight excluding hydrogens is 354 g/mol. The highest BCUT2D eigenvalue weighted by Gasteiger charge is 2.33. The molecule has 1 aromatic heterocycles. The van der Waals surface area contributed by atoms with Crippen molar-refractivity contribution in [2.45, 2.75) is 33.2 Å². The molecule has 1 fully saturated rings. The predicted molar refractivity (Wildman–Crippen MR) is 99.3 cm³/mol. The van der Waals surface area contributed by atoms with Crippen LogP contribution in [-0.4, -0.2) is 35.5 Å². The van der Waals surface area contributed by atoms with E-state index < -0.39 is 21.7 Å². The van der Waals surface area contributed by atoms with Crippen molar-refractivity contribution >= 4 is 32.3 Å². The van der Waals surface area contributed by atoms with Gasteiger partial charge in [-0.3, -0.25) is 4.79 Å². The van der Waals surface area contributed by atoms with E-state index in [1.165, 1.54) is 0 Å². The van der Waals surface area contributed by atoms with Gasteiger partial charge in [-0.05, 0) is 24.8 Å². The molecule has 1 aliphatic rings. The smallest absolute Gasteiger partial charge is 0.268 e. The van der Waals surface area contributed by atoms with Crippen molar-refractivity contribution in [2.75, 3.05) is 11.5 Å². The molecule has 7 nitrogen and oxygen atoms in total. The Morgan fingerprint density at radius 3 is 2.73 bits per heavy atom. The van der Waals surface area contributed by atoms with Gasteiger partial charge in [0.25, 0.3) is 5.91 Å². The normalized spacial score (nSPS) is 19.7. The zero-order chi connectivity index (χ0) is 18.9. The van der Waals surface area contributed by atoms with Crippen molar-refractivity contribution in [3.05, 3.63) is 24.3 Å². The van der Waals surface area contributed by atoms with Gasteiger partial charge in [-0.25, -0.2) is 8.42 Å². The van der Waals surface area contributed by atoms with Gasteiger partial charge in [-0.2, -0.15) is 0 Å². The molecule has 8 heteroatoms. The number of carbonyl (C=O) groups excluding carboxylic acids is 1. The lowest BCUT2D eigenvalue weighted by Crippen LogP contribution is -2.13. The van der Waals surface area contributed by atoms with Gasteiger partial charge >= 0.3 is 0 Å². The SMILES string of the molecule is CC(C)CCn1c(O)c(N=NC(=O)[C@@H]2CCS(=O)(=O)C2)c2ccccc21. The van der Waals surface area contributed by atoms with Crippen molar-refractivity contribution in [3.63, 3.8) is 0 Å². The summed E-state index contributed by atoms with van der Waals surface area (Å²) < 4.78 is 24.8. The molecule has 3 rings (SSSR count). The maximum Gasteiger partial charge on any atom is 0.268 e. The first-order valence-corrected chi connectivity index (χ1v) is 10.6. The Kier molecular flexibility index (Phi) is 5.13. The van der Waals surface area contributed by atoms with Crippen LogP contribution in [0, 0.1) is 11.8 Å². The molecule has 140 valence electrons. The minimum absolute atomic E-state index is 0.0126. The standard InChI is InChI=1S/C18H23N3O4S/c1-12(2)7-9-21-15-6-4-3-5-14(15)16(18(21)23)19-20-17(22)13-8-10-26(24,25)11-13/h3-6,12-13,23H,7-11H2,1-2H3/t13-/m1/s1. The Morgan fingerprint density at radius 2 is 2.08 bits per heavy atom. The highest BCUT2D eigenvalue weighted by molar-refractivity contribution is 7.91. The van der Waals surface area contributed by atoms with Crippen LogP contribution in [0.15, 0.2) is 34.5 Å². The predicted octanol–water partition coefficient (Wildman–Crippen LogP) is 3.44. The Bertz CT molecular complexity index is 960. The number of azo groups is 1. The maximum atomic E-state index is 12.2. The number of carbonyl (C=O) groups is 1. The number of hydrogen-bond acceptors (Lipinski definition) is 5. The Balaban J connectivity index is 1.90. The largest absolute Gasteiger partial charge is 0.493 e. The summed E-state index contributed by atoms with van der Waals surface area (Å²) in [6, 6.07) is 7.42. The number of para-hydroxylation sites is 1. The van der Waals surface area contributed by atoms with Crippen molar-refractivity contribution in [1.82, 2.24) is 4.57 Å². The molecule has 0 radical (unpaired) electrons. The Labute approximate surface area is 152 Å². The van der Waals surface area contributed by atoms with Crippen LogP contribution in [0.1, 0.15) is 26.7 Å². The molecule has 1 aromatic carbocycles. The molecule has 0 aliphatic carbocycles. The third kappa shape index (κ3) is 3.80. The quantitative estimate of drug-likeness (QED) is 0.806. The number of aryl methyl sites for hydroxylation is 1. The fraction of sp³-hybridized carbons (Fsp3) is 0.500. The second-order valence-corrected chi connectivity index (χ2v) is 9.39. The summed E-state index contributed by atoms with van der Waals surface area (Å²) in [6.07, 6.45) is 1.17. The first-order chi connectivity index (χ1) is 12.3.